The standard InChI is InChI=1S/C23H27N4S.2C2H4O2/c1-17(20-12-14-26(16-24-20)13-7-15-27(2,3)4)23-25-22-19-9-6-5-8-18(19)10-11-21(22)28-23;2*1-2(3)4/h5-6,8-12,14,16H,7,13,15H2,1-4H3;2*1H3,(H,3,4)/q+1;;/p-1. The van der Waals surface area contributed by atoms with Crippen LogP contribution in [0.1, 0.15) is 32.2 Å². The molecule has 0 bridgehead atoms. The number of hydrogen-bond acceptors (Lipinski definition) is 7. The first-order valence-corrected chi connectivity index (χ1v) is 12.3. The maximum absolute atomic E-state index is 9.00. The van der Waals surface area contributed by atoms with Crippen LogP contribution in [0.4, 0.5) is 0 Å². The number of aromatic nitrogens is 1. The van der Waals surface area contributed by atoms with Gasteiger partial charge in [0.25, 0.3) is 5.97 Å². The fourth-order valence-electron chi connectivity index (χ4n) is 3.40. The van der Waals surface area contributed by atoms with Gasteiger partial charge in [-0.15, -0.1) is 11.3 Å². The van der Waals surface area contributed by atoms with Crippen LogP contribution in [-0.2, 0) is 9.59 Å². The number of rotatable bonds is 5. The molecule has 8 nitrogen and oxygen atoms in total. The minimum absolute atomic E-state index is 0.833. The minimum Gasteiger partial charge on any atom is -0.550 e. The number of nitrogens with zero attached hydrogens (tertiary/aromatic N) is 4. The van der Waals surface area contributed by atoms with Crippen molar-refractivity contribution >= 4 is 56.2 Å². The normalized spacial score (nSPS) is 14.1. The molecule has 1 aromatic heterocycles. The Kier molecular flexibility index (Phi) is 10.3. The fourth-order valence-corrected chi connectivity index (χ4v) is 4.39. The van der Waals surface area contributed by atoms with Crippen molar-refractivity contribution in [2.45, 2.75) is 27.2 Å². The summed E-state index contributed by atoms with van der Waals surface area (Å²) in [5.74, 6) is -1.92. The molecule has 0 saturated heterocycles. The van der Waals surface area contributed by atoms with Crippen molar-refractivity contribution in [2.75, 3.05) is 34.2 Å². The van der Waals surface area contributed by atoms with E-state index in [-0.39, 0.29) is 0 Å². The minimum atomic E-state index is -1.08. The van der Waals surface area contributed by atoms with Gasteiger partial charge < -0.3 is 24.4 Å². The second-order valence-electron chi connectivity index (χ2n) is 9.34. The number of carbonyl (C=O) groups is 2. The van der Waals surface area contributed by atoms with Gasteiger partial charge in [0, 0.05) is 43.0 Å². The van der Waals surface area contributed by atoms with Crippen molar-refractivity contribution in [1.82, 2.24) is 9.88 Å². The Morgan fingerprint density at radius 2 is 1.72 bits per heavy atom. The molecule has 1 aliphatic heterocycles. The summed E-state index contributed by atoms with van der Waals surface area (Å²) in [6.45, 7) is 6.32. The number of aliphatic imine (C=N–C) groups is 1. The molecule has 1 aliphatic rings. The van der Waals surface area contributed by atoms with Gasteiger partial charge in [-0.25, -0.2) is 9.98 Å². The van der Waals surface area contributed by atoms with E-state index in [0.29, 0.717) is 0 Å². The average molecular weight is 511 g/mol. The van der Waals surface area contributed by atoms with Crippen LogP contribution >= 0.6 is 11.3 Å². The number of carboxylic acid groups (broad SMARTS) is 2. The Hall–Kier alpha value is -3.56. The number of carbonyl (C=O) groups excluding carboxylic acids is 1. The van der Waals surface area contributed by atoms with Crippen LogP contribution in [0.3, 0.4) is 0 Å². The van der Waals surface area contributed by atoms with E-state index in [0.717, 1.165) is 59.6 Å². The van der Waals surface area contributed by atoms with E-state index < -0.39 is 11.9 Å². The summed E-state index contributed by atoms with van der Waals surface area (Å²) in [4.78, 5) is 29.7. The highest BCUT2D eigenvalue weighted by Crippen LogP contribution is 2.33. The van der Waals surface area contributed by atoms with Gasteiger partial charge in [0.1, 0.15) is 5.01 Å². The number of benzene rings is 2. The highest BCUT2D eigenvalue weighted by Gasteiger charge is 2.13. The average Bonchev–Trinajstić information content (AvgIpc) is 3.22. The molecule has 0 aliphatic carbocycles. The maximum Gasteiger partial charge on any atom is 0.300 e. The third-order valence-corrected chi connectivity index (χ3v) is 6.14. The lowest BCUT2D eigenvalue weighted by Crippen LogP contribution is -2.36. The van der Waals surface area contributed by atoms with E-state index >= 15 is 0 Å². The largest absolute Gasteiger partial charge is 0.550 e. The molecule has 1 N–H and O–H groups in total. The summed E-state index contributed by atoms with van der Waals surface area (Å²) in [6.07, 6.45) is 7.32. The van der Waals surface area contributed by atoms with Crippen LogP contribution in [0.2, 0.25) is 0 Å². The zero-order valence-corrected chi connectivity index (χ0v) is 22.5. The lowest BCUT2D eigenvalue weighted by atomic mass is 10.1. The number of aliphatic carboxylic acids is 2. The van der Waals surface area contributed by atoms with Gasteiger partial charge in [0.05, 0.1) is 49.9 Å². The molecule has 2 heterocycles. The molecule has 0 fully saturated rings. The summed E-state index contributed by atoms with van der Waals surface area (Å²) >= 11 is 1.74. The van der Waals surface area contributed by atoms with Crippen molar-refractivity contribution in [3.8, 4) is 0 Å². The Morgan fingerprint density at radius 3 is 2.31 bits per heavy atom. The molecule has 0 radical (unpaired) electrons. The van der Waals surface area contributed by atoms with Crippen LogP contribution in [0.25, 0.3) is 26.6 Å². The third kappa shape index (κ3) is 9.24. The Balaban J connectivity index is 0.000000501. The quantitative estimate of drug-likeness (QED) is 0.521. The fraction of sp³-hybridized carbons (Fsp3) is 0.333. The first kappa shape index (κ1) is 28.7. The molecule has 3 aromatic rings. The lowest BCUT2D eigenvalue weighted by molar-refractivity contribution is -0.870. The molecular formula is C27H34N4O4S. The van der Waals surface area contributed by atoms with E-state index in [4.69, 9.17) is 29.8 Å². The predicted molar refractivity (Wildman–Crippen MR) is 146 cm³/mol. The number of fused-ring (bicyclic) bond motifs is 3. The second kappa shape index (κ2) is 12.9. The first-order chi connectivity index (χ1) is 16.9. The van der Waals surface area contributed by atoms with E-state index in [9.17, 15) is 0 Å². The van der Waals surface area contributed by atoms with E-state index in [1.807, 2.05) is 6.34 Å². The van der Waals surface area contributed by atoms with Crippen LogP contribution in [-0.4, -0.2) is 72.0 Å². The first-order valence-electron chi connectivity index (χ1n) is 11.5. The van der Waals surface area contributed by atoms with E-state index in [1.165, 1.54) is 15.5 Å². The van der Waals surface area contributed by atoms with Gasteiger partial charge in [-0.2, -0.15) is 0 Å². The molecule has 36 heavy (non-hydrogen) atoms. The molecule has 2 aromatic carbocycles. The predicted octanol–water partition coefficient (Wildman–Crippen LogP) is 3.98. The summed E-state index contributed by atoms with van der Waals surface area (Å²) in [5.41, 5.74) is 3.21. The number of carboxylic acids is 2. The number of hydrogen-bond donors (Lipinski definition) is 1. The van der Waals surface area contributed by atoms with Gasteiger partial charge in [-0.3, -0.25) is 4.79 Å². The van der Waals surface area contributed by atoms with E-state index in [1.54, 1.807) is 11.3 Å². The molecular weight excluding hydrogens is 476 g/mol. The summed E-state index contributed by atoms with van der Waals surface area (Å²) < 4.78 is 2.21. The van der Waals surface area contributed by atoms with Gasteiger partial charge in [0.15, 0.2) is 0 Å². The molecule has 4 rings (SSSR count). The molecule has 192 valence electrons. The monoisotopic (exact) mass is 510 g/mol. The molecule has 0 spiro atoms. The zero-order valence-electron chi connectivity index (χ0n) is 21.7. The molecule has 0 saturated carbocycles. The summed E-state index contributed by atoms with van der Waals surface area (Å²) in [5, 5.41) is 19.8. The lowest BCUT2D eigenvalue weighted by Gasteiger charge is -2.25. The maximum atomic E-state index is 9.00. The number of quaternary nitrogens is 1. The van der Waals surface area contributed by atoms with Gasteiger partial charge in [-0.05, 0) is 31.4 Å². The third-order valence-electron chi connectivity index (χ3n) is 5.00. The summed E-state index contributed by atoms with van der Waals surface area (Å²) in [7, 11) is 6.68. The van der Waals surface area contributed by atoms with Crippen molar-refractivity contribution in [3.63, 3.8) is 0 Å². The van der Waals surface area contributed by atoms with Crippen molar-refractivity contribution < 1.29 is 24.3 Å². The van der Waals surface area contributed by atoms with Gasteiger partial charge >= 0.3 is 0 Å². The zero-order chi connectivity index (χ0) is 26.9. The molecule has 0 unspecified atom stereocenters. The topological polar surface area (TPSA) is 106 Å². The van der Waals surface area contributed by atoms with E-state index in [2.05, 4.69) is 81.6 Å². The van der Waals surface area contributed by atoms with Crippen LogP contribution < -0.4 is 5.11 Å². The second-order valence-corrected chi connectivity index (χ2v) is 10.4. The van der Waals surface area contributed by atoms with Crippen LogP contribution in [0.15, 0.2) is 59.4 Å². The number of allylic oxidation sites excluding steroid dienone is 2. The highest BCUT2D eigenvalue weighted by atomic mass is 32.1. The number of thiazole rings is 1. The van der Waals surface area contributed by atoms with Crippen molar-refractivity contribution in [3.05, 3.63) is 59.4 Å². The van der Waals surface area contributed by atoms with Crippen molar-refractivity contribution in [2.24, 2.45) is 4.99 Å². The smallest absolute Gasteiger partial charge is 0.300 e. The Labute approximate surface area is 216 Å². The molecule has 9 heteroatoms. The SMILES string of the molecule is CC(=C1C=CN(CCC[N+](C)(C)C)C=N1)c1nc2c(ccc3ccccc32)s1.CC(=O)O.CC(=O)[O-]. The highest BCUT2D eigenvalue weighted by molar-refractivity contribution is 7.19. The van der Waals surface area contributed by atoms with Gasteiger partial charge in [0.2, 0.25) is 0 Å². The summed E-state index contributed by atoms with van der Waals surface area (Å²) in [6, 6.07) is 12.8. The van der Waals surface area contributed by atoms with Crippen LogP contribution in [0.5, 0.6) is 0 Å². The molecule has 0 atom stereocenters. The van der Waals surface area contributed by atoms with Crippen LogP contribution in [0, 0.1) is 0 Å². The molecule has 0 amide bonds. The Bertz CT molecular complexity index is 1270. The van der Waals surface area contributed by atoms with Crippen molar-refractivity contribution in [1.29, 1.82) is 0 Å². The Morgan fingerprint density at radius 1 is 1.08 bits per heavy atom. The van der Waals surface area contributed by atoms with Gasteiger partial charge in [-0.1, -0.05) is 30.3 Å².